The van der Waals surface area contributed by atoms with Crippen LogP contribution in [0.5, 0.6) is 0 Å². The van der Waals surface area contributed by atoms with Gasteiger partial charge >= 0.3 is 5.97 Å². The Labute approximate surface area is 222 Å². The Hall–Kier alpha value is -5.05. The monoisotopic (exact) mass is 522 g/mol. The molecule has 9 heteroatoms. The molecule has 0 spiro atoms. The molecule has 1 atom stereocenters. The highest BCUT2D eigenvalue weighted by molar-refractivity contribution is 6.15. The molecule has 194 valence electrons. The number of nitrogens with one attached hydrogen (secondary N) is 1. The summed E-state index contributed by atoms with van der Waals surface area (Å²) in [6.07, 6.45) is 1.53. The maximum absolute atomic E-state index is 14.7. The van der Waals surface area contributed by atoms with Gasteiger partial charge in [0.1, 0.15) is 23.6 Å². The van der Waals surface area contributed by atoms with E-state index < -0.39 is 29.1 Å². The van der Waals surface area contributed by atoms with Gasteiger partial charge < -0.3 is 14.6 Å². The summed E-state index contributed by atoms with van der Waals surface area (Å²) in [5, 5.41) is 4.43. The third-order valence-electron chi connectivity index (χ3n) is 7.18. The van der Waals surface area contributed by atoms with Crippen molar-refractivity contribution < 1.29 is 23.5 Å². The molecule has 8 nitrogen and oxygen atoms in total. The van der Waals surface area contributed by atoms with Gasteiger partial charge in [0.05, 0.1) is 30.2 Å². The van der Waals surface area contributed by atoms with E-state index in [0.717, 1.165) is 16.3 Å². The van der Waals surface area contributed by atoms with Gasteiger partial charge in [0, 0.05) is 21.9 Å². The Morgan fingerprint density at radius 2 is 1.64 bits per heavy atom. The lowest BCUT2D eigenvalue weighted by Gasteiger charge is -2.26. The summed E-state index contributed by atoms with van der Waals surface area (Å²) < 4.78 is 21.4. The lowest BCUT2D eigenvalue weighted by molar-refractivity contribution is -0.141. The number of methoxy groups -OCH3 is 1. The number of nitrogens with zero attached hydrogens (tertiary/aromatic N) is 3. The Morgan fingerprint density at radius 3 is 2.41 bits per heavy atom. The van der Waals surface area contributed by atoms with E-state index in [-0.39, 0.29) is 17.9 Å². The Morgan fingerprint density at radius 1 is 0.949 bits per heavy atom. The van der Waals surface area contributed by atoms with Crippen LogP contribution < -0.4 is 10.2 Å². The number of halogens is 1. The van der Waals surface area contributed by atoms with Gasteiger partial charge in [-0.05, 0) is 37.3 Å². The first kappa shape index (κ1) is 24.3. The number of anilines is 2. The number of pyridine rings is 1. The van der Waals surface area contributed by atoms with Crippen LogP contribution in [0.3, 0.4) is 0 Å². The highest BCUT2D eigenvalue weighted by Crippen LogP contribution is 2.44. The molecule has 0 saturated carbocycles. The van der Waals surface area contributed by atoms with Crippen molar-refractivity contribution in [2.24, 2.45) is 0 Å². The van der Waals surface area contributed by atoms with Crippen LogP contribution in [-0.4, -0.2) is 34.4 Å². The summed E-state index contributed by atoms with van der Waals surface area (Å²) in [4.78, 5) is 45.1. The lowest BCUT2D eigenvalue weighted by atomic mass is 9.93. The van der Waals surface area contributed by atoms with Crippen molar-refractivity contribution >= 4 is 51.0 Å². The summed E-state index contributed by atoms with van der Waals surface area (Å²) in [5.41, 5.74) is 1.23. The molecular weight excluding hydrogens is 499 g/mol. The average Bonchev–Trinajstić information content (AvgIpc) is 3.37. The second kappa shape index (κ2) is 9.05. The third kappa shape index (κ3) is 3.73. The van der Waals surface area contributed by atoms with Crippen molar-refractivity contribution in [3.05, 3.63) is 102 Å². The third-order valence-corrected chi connectivity index (χ3v) is 7.18. The fraction of sp³-hybridized carbons (Fsp3) is 0.133. The van der Waals surface area contributed by atoms with Crippen LogP contribution in [0.15, 0.2) is 85.1 Å². The highest BCUT2D eigenvalue weighted by atomic mass is 19.1. The van der Waals surface area contributed by atoms with Gasteiger partial charge in [0.2, 0.25) is 0 Å². The van der Waals surface area contributed by atoms with Crippen LogP contribution in [0.4, 0.5) is 15.8 Å². The Balaban J connectivity index is 1.40. The molecular formula is C30H23FN4O4. The first-order chi connectivity index (χ1) is 18.8. The number of rotatable bonds is 5. The van der Waals surface area contributed by atoms with E-state index in [4.69, 9.17) is 4.74 Å². The van der Waals surface area contributed by atoms with Crippen molar-refractivity contribution in [3.8, 4) is 0 Å². The van der Waals surface area contributed by atoms with Crippen molar-refractivity contribution in [2.45, 2.75) is 19.0 Å². The maximum atomic E-state index is 14.7. The van der Waals surface area contributed by atoms with Gasteiger partial charge in [0.25, 0.3) is 11.8 Å². The summed E-state index contributed by atoms with van der Waals surface area (Å²) in [6, 6.07) is 22.2. The topological polar surface area (TPSA) is 93.5 Å². The van der Waals surface area contributed by atoms with Gasteiger partial charge in [-0.1, -0.05) is 48.5 Å². The van der Waals surface area contributed by atoms with Gasteiger partial charge in [-0.2, -0.15) is 0 Å². The van der Waals surface area contributed by atoms with E-state index in [2.05, 4.69) is 10.3 Å². The molecule has 3 heterocycles. The zero-order chi connectivity index (χ0) is 27.3. The van der Waals surface area contributed by atoms with Crippen molar-refractivity contribution in [3.63, 3.8) is 0 Å². The minimum absolute atomic E-state index is 0.0109. The summed E-state index contributed by atoms with van der Waals surface area (Å²) >= 11 is 0. The summed E-state index contributed by atoms with van der Waals surface area (Å²) in [6.45, 7) is 1.59. The van der Waals surface area contributed by atoms with E-state index >= 15 is 0 Å². The number of amides is 2. The molecule has 2 aromatic heterocycles. The molecule has 39 heavy (non-hydrogen) atoms. The van der Waals surface area contributed by atoms with Crippen molar-refractivity contribution in [2.75, 3.05) is 12.0 Å². The fourth-order valence-corrected chi connectivity index (χ4v) is 5.26. The second-order valence-electron chi connectivity index (χ2n) is 9.45. The molecule has 6 rings (SSSR count). The SMILES string of the molecule is COC(=O)Cn1c2ccccc2c2cc(C(=O)N[C@]3(C)C(=O)N(c4ccccc4F)c4ccccc43)ncc21. The molecule has 3 aromatic carbocycles. The van der Waals surface area contributed by atoms with Crippen molar-refractivity contribution in [1.29, 1.82) is 0 Å². The zero-order valence-corrected chi connectivity index (χ0v) is 21.1. The Kier molecular flexibility index (Phi) is 5.64. The average molecular weight is 523 g/mol. The maximum Gasteiger partial charge on any atom is 0.325 e. The smallest absolute Gasteiger partial charge is 0.325 e. The molecule has 0 radical (unpaired) electrons. The highest BCUT2D eigenvalue weighted by Gasteiger charge is 2.49. The molecule has 0 fully saturated rings. The van der Waals surface area contributed by atoms with Gasteiger partial charge in [0.15, 0.2) is 0 Å². The summed E-state index contributed by atoms with van der Waals surface area (Å²) in [5.74, 6) is -2.02. The molecule has 1 aliphatic rings. The fourth-order valence-electron chi connectivity index (χ4n) is 5.26. The molecule has 1 N–H and O–H groups in total. The predicted octanol–water partition coefficient (Wildman–Crippen LogP) is 4.83. The quantitative estimate of drug-likeness (QED) is 0.334. The predicted molar refractivity (Wildman–Crippen MR) is 144 cm³/mol. The lowest BCUT2D eigenvalue weighted by Crippen LogP contribution is -2.50. The Bertz CT molecular complexity index is 1810. The van der Waals surface area contributed by atoms with E-state index in [1.165, 1.54) is 30.3 Å². The van der Waals surface area contributed by atoms with E-state index in [9.17, 15) is 18.8 Å². The number of carbonyl (C=O) groups excluding carboxylic acids is 3. The van der Waals surface area contributed by atoms with Crippen LogP contribution in [0.25, 0.3) is 21.8 Å². The van der Waals surface area contributed by atoms with Crippen LogP contribution in [0, 0.1) is 5.82 Å². The number of benzene rings is 3. The molecule has 2 amide bonds. The number of ether oxygens (including phenoxy) is 1. The summed E-state index contributed by atoms with van der Waals surface area (Å²) in [7, 11) is 1.33. The number of hydrogen-bond donors (Lipinski definition) is 1. The minimum atomic E-state index is -1.47. The van der Waals surface area contributed by atoms with Crippen LogP contribution >= 0.6 is 0 Å². The molecule has 0 bridgehead atoms. The number of carbonyl (C=O) groups is 3. The van der Waals surface area contributed by atoms with Crippen LogP contribution in [0.2, 0.25) is 0 Å². The molecule has 0 unspecified atom stereocenters. The number of hydrogen-bond acceptors (Lipinski definition) is 5. The molecule has 1 aliphatic heterocycles. The number of esters is 1. The molecule has 5 aromatic rings. The largest absolute Gasteiger partial charge is 0.468 e. The minimum Gasteiger partial charge on any atom is -0.468 e. The molecule has 0 saturated heterocycles. The van der Waals surface area contributed by atoms with Crippen LogP contribution in [0.1, 0.15) is 23.0 Å². The first-order valence-corrected chi connectivity index (χ1v) is 12.3. The zero-order valence-electron chi connectivity index (χ0n) is 21.1. The van der Waals surface area contributed by atoms with Crippen molar-refractivity contribution in [1.82, 2.24) is 14.9 Å². The van der Waals surface area contributed by atoms with E-state index in [0.29, 0.717) is 16.8 Å². The normalized spacial score (nSPS) is 16.5. The number of para-hydroxylation sites is 3. The molecule has 0 aliphatic carbocycles. The van der Waals surface area contributed by atoms with E-state index in [1.807, 2.05) is 24.3 Å². The standard InChI is InChI=1S/C30H23FN4O4/c1-30(20-10-4-7-13-24(20)35(29(30)38)25-14-8-5-11-21(25)31)33-28(37)22-15-19-18-9-3-6-12-23(18)34(17-27(36)39-2)26(19)16-32-22/h3-16H,17H2,1-2H3,(H,33,37)/t30-/m0/s1. The number of aromatic nitrogens is 2. The van der Waals surface area contributed by atoms with Gasteiger partial charge in [-0.3, -0.25) is 19.3 Å². The van der Waals surface area contributed by atoms with Crippen LogP contribution in [-0.2, 0) is 26.4 Å². The number of fused-ring (bicyclic) bond motifs is 4. The first-order valence-electron chi connectivity index (χ1n) is 12.3. The second-order valence-corrected chi connectivity index (χ2v) is 9.45. The van der Waals surface area contributed by atoms with Gasteiger partial charge in [-0.25, -0.2) is 9.37 Å². The van der Waals surface area contributed by atoms with E-state index in [1.54, 1.807) is 54.0 Å². The van der Waals surface area contributed by atoms with Gasteiger partial charge in [-0.15, -0.1) is 0 Å².